The first kappa shape index (κ1) is 11.2. The fourth-order valence-corrected chi connectivity index (χ4v) is 1.51. The molecule has 0 saturated carbocycles. The normalized spacial score (nSPS) is 10.9. The van der Waals surface area contributed by atoms with Gasteiger partial charge in [-0.1, -0.05) is 31.2 Å². The van der Waals surface area contributed by atoms with Gasteiger partial charge in [0.25, 0.3) is 0 Å². The highest BCUT2D eigenvalue weighted by Gasteiger charge is 2.04. The van der Waals surface area contributed by atoms with Gasteiger partial charge >= 0.3 is 0 Å². The number of nitrogens with two attached hydrogens (primary N) is 2. The molecule has 1 aromatic rings. The zero-order valence-electron chi connectivity index (χ0n) is 8.87. The van der Waals surface area contributed by atoms with E-state index in [1.54, 1.807) is 0 Å². The van der Waals surface area contributed by atoms with Crippen molar-refractivity contribution in [3.05, 3.63) is 35.4 Å². The van der Waals surface area contributed by atoms with Gasteiger partial charge in [-0.05, 0) is 43.0 Å². The Morgan fingerprint density at radius 1 is 1.00 bits per heavy atom. The van der Waals surface area contributed by atoms with E-state index in [1.165, 1.54) is 11.1 Å². The molecule has 0 radical (unpaired) electrons. The van der Waals surface area contributed by atoms with E-state index in [9.17, 15) is 0 Å². The molecule has 0 unspecified atom stereocenters. The maximum absolute atomic E-state index is 5.61. The number of hydrogen-bond donors (Lipinski definition) is 2. The van der Waals surface area contributed by atoms with Crippen molar-refractivity contribution in [3.63, 3.8) is 0 Å². The fourth-order valence-electron chi connectivity index (χ4n) is 1.51. The van der Waals surface area contributed by atoms with Crippen LogP contribution in [0, 0.1) is 5.92 Å². The van der Waals surface area contributed by atoms with E-state index in [0.717, 1.165) is 12.8 Å². The number of aryl methyl sites for hydroxylation is 1. The predicted octanol–water partition coefficient (Wildman–Crippen LogP) is 1.33. The lowest BCUT2D eigenvalue weighted by atomic mass is 9.98. The summed E-state index contributed by atoms with van der Waals surface area (Å²) in [4.78, 5) is 0. The Hall–Kier alpha value is -0.860. The average molecular weight is 192 g/mol. The molecule has 0 saturated heterocycles. The van der Waals surface area contributed by atoms with Gasteiger partial charge < -0.3 is 11.5 Å². The summed E-state index contributed by atoms with van der Waals surface area (Å²) in [5, 5.41) is 0. The molecule has 14 heavy (non-hydrogen) atoms. The van der Waals surface area contributed by atoms with Gasteiger partial charge in [0.05, 0.1) is 0 Å². The van der Waals surface area contributed by atoms with Gasteiger partial charge in [-0.2, -0.15) is 0 Å². The summed E-state index contributed by atoms with van der Waals surface area (Å²) >= 11 is 0. The van der Waals surface area contributed by atoms with E-state index in [-0.39, 0.29) is 0 Å². The molecule has 1 aromatic carbocycles. The molecule has 0 spiro atoms. The van der Waals surface area contributed by atoms with Crippen molar-refractivity contribution >= 4 is 0 Å². The van der Waals surface area contributed by atoms with Crippen LogP contribution in [-0.2, 0) is 12.8 Å². The lowest BCUT2D eigenvalue weighted by Crippen LogP contribution is -2.25. The molecule has 0 amide bonds. The lowest BCUT2D eigenvalue weighted by Gasteiger charge is -2.11. The van der Waals surface area contributed by atoms with Gasteiger partial charge in [0.15, 0.2) is 0 Å². The highest BCUT2D eigenvalue weighted by molar-refractivity contribution is 5.22. The van der Waals surface area contributed by atoms with Gasteiger partial charge in [0, 0.05) is 0 Å². The molecule has 0 bridgehead atoms. The molecular weight excluding hydrogens is 172 g/mol. The van der Waals surface area contributed by atoms with Crippen molar-refractivity contribution in [3.8, 4) is 0 Å². The second-order valence-electron chi connectivity index (χ2n) is 3.71. The van der Waals surface area contributed by atoms with Gasteiger partial charge in [-0.3, -0.25) is 0 Å². The second kappa shape index (κ2) is 5.78. The molecule has 0 aliphatic carbocycles. The Kier molecular flexibility index (Phi) is 4.63. The van der Waals surface area contributed by atoms with Crippen LogP contribution >= 0.6 is 0 Å². The SMILES string of the molecule is CCc1ccc(CC(CN)CN)cc1. The summed E-state index contributed by atoms with van der Waals surface area (Å²) in [6, 6.07) is 8.72. The fraction of sp³-hybridized carbons (Fsp3) is 0.500. The minimum absolute atomic E-state index is 0.419. The van der Waals surface area contributed by atoms with E-state index in [0.29, 0.717) is 19.0 Å². The molecular formula is C12H20N2. The van der Waals surface area contributed by atoms with Crippen LogP contribution in [0.5, 0.6) is 0 Å². The van der Waals surface area contributed by atoms with Crippen LogP contribution in [0.15, 0.2) is 24.3 Å². The van der Waals surface area contributed by atoms with Crippen LogP contribution in [0.1, 0.15) is 18.1 Å². The molecule has 0 aliphatic heterocycles. The first-order chi connectivity index (χ1) is 6.80. The van der Waals surface area contributed by atoms with Gasteiger partial charge in [-0.25, -0.2) is 0 Å². The van der Waals surface area contributed by atoms with E-state index in [1.807, 2.05) is 0 Å². The Bertz CT molecular complexity index is 250. The van der Waals surface area contributed by atoms with E-state index in [4.69, 9.17) is 11.5 Å². The summed E-state index contributed by atoms with van der Waals surface area (Å²) in [7, 11) is 0. The third-order valence-corrected chi connectivity index (χ3v) is 2.62. The maximum Gasteiger partial charge on any atom is -0.00336 e. The topological polar surface area (TPSA) is 52.0 Å². The Labute approximate surface area is 86.3 Å². The molecule has 0 fully saturated rings. The zero-order chi connectivity index (χ0) is 10.4. The summed E-state index contributed by atoms with van der Waals surface area (Å²) in [6.45, 7) is 3.51. The van der Waals surface area contributed by atoms with Crippen molar-refractivity contribution in [1.82, 2.24) is 0 Å². The van der Waals surface area contributed by atoms with E-state index < -0.39 is 0 Å². The Morgan fingerprint density at radius 3 is 1.93 bits per heavy atom. The third kappa shape index (κ3) is 3.13. The first-order valence-electron chi connectivity index (χ1n) is 5.28. The van der Waals surface area contributed by atoms with Crippen molar-refractivity contribution in [2.45, 2.75) is 19.8 Å². The largest absolute Gasteiger partial charge is 0.330 e. The summed E-state index contributed by atoms with van der Waals surface area (Å²) in [5.41, 5.74) is 13.9. The van der Waals surface area contributed by atoms with E-state index >= 15 is 0 Å². The van der Waals surface area contributed by atoms with Crippen LogP contribution < -0.4 is 11.5 Å². The number of rotatable bonds is 5. The molecule has 2 heteroatoms. The minimum Gasteiger partial charge on any atom is -0.330 e. The number of benzene rings is 1. The Morgan fingerprint density at radius 2 is 1.50 bits per heavy atom. The molecule has 0 atom stereocenters. The molecule has 78 valence electrons. The monoisotopic (exact) mass is 192 g/mol. The second-order valence-corrected chi connectivity index (χ2v) is 3.71. The Balaban J connectivity index is 2.58. The van der Waals surface area contributed by atoms with Crippen LogP contribution in [-0.4, -0.2) is 13.1 Å². The number of hydrogen-bond acceptors (Lipinski definition) is 2. The van der Waals surface area contributed by atoms with Crippen molar-refractivity contribution in [2.75, 3.05) is 13.1 Å². The average Bonchev–Trinajstić information content (AvgIpc) is 2.26. The van der Waals surface area contributed by atoms with Crippen LogP contribution in [0.3, 0.4) is 0 Å². The quantitative estimate of drug-likeness (QED) is 0.739. The highest BCUT2D eigenvalue weighted by atomic mass is 14.6. The summed E-state index contributed by atoms with van der Waals surface area (Å²) in [6.07, 6.45) is 2.09. The summed E-state index contributed by atoms with van der Waals surface area (Å²) in [5.74, 6) is 0.419. The zero-order valence-corrected chi connectivity index (χ0v) is 8.87. The lowest BCUT2D eigenvalue weighted by molar-refractivity contribution is 0.548. The third-order valence-electron chi connectivity index (χ3n) is 2.62. The molecule has 0 heterocycles. The van der Waals surface area contributed by atoms with Crippen molar-refractivity contribution < 1.29 is 0 Å². The first-order valence-corrected chi connectivity index (χ1v) is 5.28. The molecule has 0 aliphatic rings. The van der Waals surface area contributed by atoms with Gasteiger partial charge in [-0.15, -0.1) is 0 Å². The van der Waals surface area contributed by atoms with Gasteiger partial charge in [0.2, 0.25) is 0 Å². The summed E-state index contributed by atoms with van der Waals surface area (Å²) < 4.78 is 0. The smallest absolute Gasteiger partial charge is 0.00336 e. The van der Waals surface area contributed by atoms with Gasteiger partial charge in [0.1, 0.15) is 0 Å². The van der Waals surface area contributed by atoms with Crippen LogP contribution in [0.4, 0.5) is 0 Å². The maximum atomic E-state index is 5.61. The minimum atomic E-state index is 0.419. The molecule has 0 aromatic heterocycles. The molecule has 4 N–H and O–H groups in total. The highest BCUT2D eigenvalue weighted by Crippen LogP contribution is 2.09. The van der Waals surface area contributed by atoms with Crippen molar-refractivity contribution in [2.24, 2.45) is 17.4 Å². The van der Waals surface area contributed by atoms with E-state index in [2.05, 4.69) is 31.2 Å². The predicted molar refractivity (Wildman–Crippen MR) is 61.1 cm³/mol. The molecule has 2 nitrogen and oxygen atoms in total. The molecule has 1 rings (SSSR count). The van der Waals surface area contributed by atoms with Crippen LogP contribution in [0.25, 0.3) is 0 Å². The van der Waals surface area contributed by atoms with Crippen LogP contribution in [0.2, 0.25) is 0 Å². The van der Waals surface area contributed by atoms with Crippen molar-refractivity contribution in [1.29, 1.82) is 0 Å². The standard InChI is InChI=1S/C12H20N2/c1-2-10-3-5-11(6-4-10)7-12(8-13)9-14/h3-6,12H,2,7-9,13-14H2,1H3.